The van der Waals surface area contributed by atoms with E-state index in [1.807, 2.05) is 18.4 Å². The van der Waals surface area contributed by atoms with E-state index in [1.54, 1.807) is 70.7 Å². The van der Waals surface area contributed by atoms with Crippen molar-refractivity contribution in [3.8, 4) is 11.5 Å². The van der Waals surface area contributed by atoms with Gasteiger partial charge in [0.05, 0.1) is 13.2 Å². The Morgan fingerprint density at radius 3 is 2.63 bits per heavy atom. The van der Waals surface area contributed by atoms with Crippen LogP contribution in [0.15, 0.2) is 60.0 Å². The number of carbonyl (C=O) groups excluding carboxylic acids is 2. The van der Waals surface area contributed by atoms with E-state index < -0.39 is 5.82 Å². The molecule has 1 unspecified atom stereocenters. The van der Waals surface area contributed by atoms with Gasteiger partial charge in [0.2, 0.25) is 5.91 Å². The predicted molar refractivity (Wildman–Crippen MR) is 134 cm³/mol. The largest absolute Gasteiger partial charge is 0.497 e. The van der Waals surface area contributed by atoms with Crippen molar-refractivity contribution in [3.63, 3.8) is 0 Å². The SMILES string of the molecule is CCCN(CC(=O)N1CCc2sccc2C1COc1ccccc1F)C(=O)c1ccc(OC)cc1. The summed E-state index contributed by atoms with van der Waals surface area (Å²) in [6.45, 7) is 3.06. The summed E-state index contributed by atoms with van der Waals surface area (Å²) < 4.78 is 25.1. The molecule has 184 valence electrons. The fraction of sp³-hybridized carbons (Fsp3) is 0.333. The van der Waals surface area contributed by atoms with Crippen molar-refractivity contribution in [2.75, 3.05) is 33.4 Å². The zero-order valence-electron chi connectivity index (χ0n) is 19.9. The standard InChI is InChI=1S/C27H29FN2O4S/c1-3-14-29(27(32)19-8-10-20(33-2)11-9-19)17-26(31)30-15-12-25-21(13-16-35-25)23(30)18-34-24-7-5-4-6-22(24)28/h4-11,13,16,23H,3,12,14-15,17-18H2,1-2H3. The van der Waals surface area contributed by atoms with Crippen molar-refractivity contribution in [2.24, 2.45) is 0 Å². The molecular weight excluding hydrogens is 467 g/mol. The molecule has 3 aromatic rings. The number of fused-ring (bicyclic) bond motifs is 1. The zero-order chi connectivity index (χ0) is 24.8. The molecule has 6 nitrogen and oxygen atoms in total. The molecule has 1 aromatic heterocycles. The Morgan fingerprint density at radius 1 is 1.14 bits per heavy atom. The van der Waals surface area contributed by atoms with E-state index in [-0.39, 0.29) is 36.8 Å². The van der Waals surface area contributed by atoms with Gasteiger partial charge >= 0.3 is 0 Å². The van der Waals surface area contributed by atoms with Gasteiger partial charge in [-0.05, 0) is 66.2 Å². The van der Waals surface area contributed by atoms with Crippen LogP contribution in [-0.4, -0.2) is 55.0 Å². The fourth-order valence-electron chi connectivity index (χ4n) is 4.30. The molecule has 0 spiro atoms. The maximum atomic E-state index is 14.1. The van der Waals surface area contributed by atoms with Gasteiger partial charge in [-0.3, -0.25) is 9.59 Å². The van der Waals surface area contributed by atoms with E-state index in [0.717, 1.165) is 18.4 Å². The summed E-state index contributed by atoms with van der Waals surface area (Å²) in [5, 5.41) is 2.01. The minimum atomic E-state index is -0.439. The number of halogens is 1. The van der Waals surface area contributed by atoms with Gasteiger partial charge in [0.25, 0.3) is 5.91 Å². The highest BCUT2D eigenvalue weighted by Crippen LogP contribution is 2.34. The van der Waals surface area contributed by atoms with E-state index in [4.69, 9.17) is 9.47 Å². The Bertz CT molecular complexity index is 1160. The summed E-state index contributed by atoms with van der Waals surface area (Å²) in [6, 6.07) is 14.8. The van der Waals surface area contributed by atoms with Crippen LogP contribution >= 0.6 is 11.3 Å². The number of hydrogen-bond donors (Lipinski definition) is 0. The zero-order valence-corrected chi connectivity index (χ0v) is 20.7. The molecule has 0 saturated carbocycles. The normalized spacial score (nSPS) is 14.8. The van der Waals surface area contributed by atoms with Crippen molar-refractivity contribution in [2.45, 2.75) is 25.8 Å². The van der Waals surface area contributed by atoms with Gasteiger partial charge < -0.3 is 19.3 Å². The summed E-state index contributed by atoms with van der Waals surface area (Å²) in [5.41, 5.74) is 1.53. The number of nitrogens with zero attached hydrogens (tertiary/aromatic N) is 2. The third kappa shape index (κ3) is 5.65. The third-order valence-corrected chi connectivity index (χ3v) is 7.09. The second kappa shape index (κ2) is 11.4. The quantitative estimate of drug-likeness (QED) is 0.421. The number of hydrogen-bond acceptors (Lipinski definition) is 5. The monoisotopic (exact) mass is 496 g/mol. The van der Waals surface area contributed by atoms with Crippen LogP contribution in [0.1, 0.15) is 40.2 Å². The van der Waals surface area contributed by atoms with Crippen molar-refractivity contribution in [3.05, 3.63) is 81.8 Å². The molecule has 2 heterocycles. The van der Waals surface area contributed by atoms with Gasteiger partial charge in [-0.15, -0.1) is 11.3 Å². The number of carbonyl (C=O) groups is 2. The van der Waals surface area contributed by atoms with Crippen LogP contribution in [0.4, 0.5) is 4.39 Å². The van der Waals surface area contributed by atoms with Crippen LogP contribution in [0.2, 0.25) is 0 Å². The molecule has 1 atom stereocenters. The van der Waals surface area contributed by atoms with Crippen molar-refractivity contribution in [1.82, 2.24) is 9.80 Å². The highest BCUT2D eigenvalue weighted by atomic mass is 32.1. The molecule has 2 aromatic carbocycles. The fourth-order valence-corrected chi connectivity index (χ4v) is 5.23. The van der Waals surface area contributed by atoms with Gasteiger partial charge in [0.15, 0.2) is 11.6 Å². The molecule has 35 heavy (non-hydrogen) atoms. The summed E-state index contributed by atoms with van der Waals surface area (Å²) >= 11 is 1.65. The molecule has 1 aliphatic heterocycles. The van der Waals surface area contributed by atoms with Crippen LogP contribution in [0, 0.1) is 5.82 Å². The molecular formula is C27H29FN2O4S. The van der Waals surface area contributed by atoms with Crippen LogP contribution in [0.25, 0.3) is 0 Å². The molecule has 0 saturated heterocycles. The van der Waals surface area contributed by atoms with Crippen molar-refractivity contribution in [1.29, 1.82) is 0 Å². The summed E-state index contributed by atoms with van der Waals surface area (Å²) in [6.07, 6.45) is 1.47. The topological polar surface area (TPSA) is 59.1 Å². The molecule has 0 radical (unpaired) electrons. The Morgan fingerprint density at radius 2 is 1.91 bits per heavy atom. The maximum Gasteiger partial charge on any atom is 0.254 e. The van der Waals surface area contributed by atoms with Gasteiger partial charge in [0, 0.05) is 23.5 Å². The number of para-hydroxylation sites is 1. The van der Waals surface area contributed by atoms with Gasteiger partial charge in [-0.2, -0.15) is 0 Å². The van der Waals surface area contributed by atoms with E-state index in [0.29, 0.717) is 24.4 Å². The molecule has 0 fully saturated rings. The lowest BCUT2D eigenvalue weighted by Gasteiger charge is -2.37. The molecule has 0 N–H and O–H groups in total. The van der Waals surface area contributed by atoms with Gasteiger partial charge in [0.1, 0.15) is 18.9 Å². The average Bonchev–Trinajstić information content (AvgIpc) is 3.36. The first-order valence-corrected chi connectivity index (χ1v) is 12.6. The maximum absolute atomic E-state index is 14.1. The Balaban J connectivity index is 1.51. The lowest BCUT2D eigenvalue weighted by molar-refractivity contribution is -0.135. The Hall–Kier alpha value is -3.39. The molecule has 1 aliphatic rings. The lowest BCUT2D eigenvalue weighted by Crippen LogP contribution is -2.48. The number of thiophene rings is 1. The van der Waals surface area contributed by atoms with Crippen molar-refractivity contribution < 1.29 is 23.5 Å². The van der Waals surface area contributed by atoms with Crippen LogP contribution in [0.5, 0.6) is 11.5 Å². The summed E-state index contributed by atoms with van der Waals surface area (Å²) in [5.74, 6) is 0.0299. The minimum absolute atomic E-state index is 0.0334. The van der Waals surface area contributed by atoms with E-state index >= 15 is 0 Å². The first kappa shape index (κ1) is 24.7. The molecule has 4 rings (SSSR count). The molecule has 0 bridgehead atoms. The second-order valence-electron chi connectivity index (χ2n) is 8.35. The number of amides is 2. The van der Waals surface area contributed by atoms with E-state index in [2.05, 4.69) is 0 Å². The average molecular weight is 497 g/mol. The van der Waals surface area contributed by atoms with Crippen molar-refractivity contribution >= 4 is 23.2 Å². The summed E-state index contributed by atoms with van der Waals surface area (Å²) in [7, 11) is 1.57. The lowest BCUT2D eigenvalue weighted by atomic mass is 10.0. The first-order valence-electron chi connectivity index (χ1n) is 11.7. The number of benzene rings is 2. The van der Waals surface area contributed by atoms with Crippen LogP contribution in [0.3, 0.4) is 0 Å². The van der Waals surface area contributed by atoms with Gasteiger partial charge in [-0.25, -0.2) is 4.39 Å². The Labute approximate surface area is 208 Å². The number of ether oxygens (including phenoxy) is 2. The molecule has 8 heteroatoms. The smallest absolute Gasteiger partial charge is 0.254 e. The predicted octanol–water partition coefficient (Wildman–Crippen LogP) is 4.95. The number of methoxy groups -OCH3 is 1. The molecule has 0 aliphatic carbocycles. The van der Waals surface area contributed by atoms with Crippen LogP contribution < -0.4 is 9.47 Å². The second-order valence-corrected chi connectivity index (χ2v) is 9.35. The highest BCUT2D eigenvalue weighted by Gasteiger charge is 2.33. The summed E-state index contributed by atoms with van der Waals surface area (Å²) in [4.78, 5) is 31.3. The minimum Gasteiger partial charge on any atom is -0.497 e. The van der Waals surface area contributed by atoms with E-state index in [1.165, 1.54) is 10.9 Å². The highest BCUT2D eigenvalue weighted by molar-refractivity contribution is 7.10. The Kier molecular flexibility index (Phi) is 8.02. The third-order valence-electron chi connectivity index (χ3n) is 6.09. The number of rotatable bonds is 9. The van der Waals surface area contributed by atoms with Crippen LogP contribution in [-0.2, 0) is 11.2 Å². The molecule has 2 amide bonds. The van der Waals surface area contributed by atoms with Gasteiger partial charge in [-0.1, -0.05) is 19.1 Å². The van der Waals surface area contributed by atoms with E-state index in [9.17, 15) is 14.0 Å². The first-order chi connectivity index (χ1) is 17.0.